The van der Waals surface area contributed by atoms with Crippen molar-refractivity contribution in [3.63, 3.8) is 0 Å². The summed E-state index contributed by atoms with van der Waals surface area (Å²) in [6, 6.07) is 16.4. The van der Waals surface area contributed by atoms with Gasteiger partial charge in [-0.3, -0.25) is 9.36 Å². The van der Waals surface area contributed by atoms with Crippen molar-refractivity contribution in [2.75, 3.05) is 7.11 Å². The Bertz CT molecular complexity index is 1350. The van der Waals surface area contributed by atoms with E-state index in [9.17, 15) is 9.59 Å². The van der Waals surface area contributed by atoms with E-state index >= 15 is 0 Å². The van der Waals surface area contributed by atoms with Gasteiger partial charge in [-0.15, -0.1) is 0 Å². The highest BCUT2D eigenvalue weighted by Gasteiger charge is 2.33. The molecule has 1 aromatic heterocycles. The zero-order chi connectivity index (χ0) is 22.8. The Morgan fingerprint density at radius 2 is 1.81 bits per heavy atom. The number of fused-ring (bicyclic) bond motifs is 1. The molecule has 6 nitrogen and oxygen atoms in total. The minimum Gasteiger partial charge on any atom is -0.497 e. The maximum Gasteiger partial charge on any atom is 0.338 e. The number of thiazole rings is 1. The van der Waals surface area contributed by atoms with Gasteiger partial charge in [-0.1, -0.05) is 53.8 Å². The summed E-state index contributed by atoms with van der Waals surface area (Å²) in [6.45, 7) is 5.39. The molecule has 1 aliphatic rings. The topological polar surface area (TPSA) is 69.9 Å². The predicted octanol–water partition coefficient (Wildman–Crippen LogP) is 3.20. The lowest BCUT2D eigenvalue weighted by atomic mass is 9.96. The standard InChI is InChI=1S/C25H24N2O4S/c1-15(2)31-24(29)21-16(3)26-25-27(22(21)18-8-6-5-7-9-18)23(28)20(32-25)14-17-10-12-19(30-4)13-11-17/h5-15,22H,1-4H3. The number of ether oxygens (including phenoxy) is 2. The summed E-state index contributed by atoms with van der Waals surface area (Å²) in [7, 11) is 1.61. The van der Waals surface area contributed by atoms with E-state index in [-0.39, 0.29) is 11.7 Å². The molecule has 1 unspecified atom stereocenters. The third kappa shape index (κ3) is 4.16. The summed E-state index contributed by atoms with van der Waals surface area (Å²) in [5, 5.41) is 0. The number of esters is 1. The largest absolute Gasteiger partial charge is 0.497 e. The zero-order valence-electron chi connectivity index (χ0n) is 18.4. The van der Waals surface area contributed by atoms with Gasteiger partial charge in [-0.25, -0.2) is 9.79 Å². The molecule has 0 amide bonds. The Morgan fingerprint density at radius 3 is 2.44 bits per heavy atom. The van der Waals surface area contributed by atoms with Gasteiger partial charge in [-0.2, -0.15) is 0 Å². The van der Waals surface area contributed by atoms with Gasteiger partial charge in [0.25, 0.3) is 5.56 Å². The van der Waals surface area contributed by atoms with E-state index in [4.69, 9.17) is 9.47 Å². The van der Waals surface area contributed by atoms with Crippen LogP contribution in [-0.4, -0.2) is 23.8 Å². The molecule has 7 heteroatoms. The van der Waals surface area contributed by atoms with Crippen LogP contribution in [0.5, 0.6) is 5.75 Å². The van der Waals surface area contributed by atoms with Crippen LogP contribution in [0.3, 0.4) is 0 Å². The molecule has 2 heterocycles. The first-order valence-electron chi connectivity index (χ1n) is 10.3. The summed E-state index contributed by atoms with van der Waals surface area (Å²) in [4.78, 5) is 31.7. The molecule has 0 fully saturated rings. The molecule has 0 radical (unpaired) electrons. The number of benzene rings is 2. The molecule has 1 aliphatic heterocycles. The van der Waals surface area contributed by atoms with Crippen molar-refractivity contribution in [1.82, 2.24) is 4.57 Å². The first-order valence-corrected chi connectivity index (χ1v) is 11.1. The third-order valence-corrected chi connectivity index (χ3v) is 6.10. The highest BCUT2D eigenvalue weighted by molar-refractivity contribution is 7.07. The van der Waals surface area contributed by atoms with Crippen LogP contribution in [0.25, 0.3) is 6.08 Å². The minimum absolute atomic E-state index is 0.194. The quantitative estimate of drug-likeness (QED) is 0.562. The van der Waals surface area contributed by atoms with Crippen LogP contribution in [0, 0.1) is 0 Å². The third-order valence-electron chi connectivity index (χ3n) is 5.11. The molecule has 0 saturated heterocycles. The van der Waals surface area contributed by atoms with E-state index in [1.807, 2.05) is 60.7 Å². The van der Waals surface area contributed by atoms with Crippen LogP contribution in [0.4, 0.5) is 0 Å². The Kier molecular flexibility index (Phi) is 6.10. The highest BCUT2D eigenvalue weighted by Crippen LogP contribution is 2.30. The lowest BCUT2D eigenvalue weighted by Crippen LogP contribution is -2.40. The Balaban J connectivity index is 1.90. The Hall–Kier alpha value is -3.45. The fourth-order valence-corrected chi connectivity index (χ4v) is 4.71. The number of aromatic nitrogens is 1. The normalized spacial score (nSPS) is 16.0. The molecular formula is C25H24N2O4S. The average Bonchev–Trinajstić information content (AvgIpc) is 3.08. The predicted molar refractivity (Wildman–Crippen MR) is 124 cm³/mol. The fraction of sp³-hybridized carbons (Fsp3) is 0.240. The maximum atomic E-state index is 13.5. The number of rotatable bonds is 5. The molecule has 4 rings (SSSR count). The van der Waals surface area contributed by atoms with Gasteiger partial charge in [0.1, 0.15) is 5.75 Å². The van der Waals surface area contributed by atoms with Crippen molar-refractivity contribution in [2.24, 2.45) is 4.99 Å². The van der Waals surface area contributed by atoms with E-state index in [2.05, 4.69) is 4.99 Å². The van der Waals surface area contributed by atoms with Crippen LogP contribution < -0.4 is 19.6 Å². The first kappa shape index (κ1) is 21.8. The lowest BCUT2D eigenvalue weighted by molar-refractivity contribution is -0.143. The number of carbonyl (C=O) groups excluding carboxylic acids is 1. The van der Waals surface area contributed by atoms with Gasteiger partial charge in [0.2, 0.25) is 0 Å². The van der Waals surface area contributed by atoms with Crippen molar-refractivity contribution in [3.05, 3.63) is 96.7 Å². The maximum absolute atomic E-state index is 13.5. The van der Waals surface area contributed by atoms with Crippen molar-refractivity contribution >= 4 is 23.4 Å². The van der Waals surface area contributed by atoms with Crippen LogP contribution in [-0.2, 0) is 9.53 Å². The SMILES string of the molecule is COc1ccc(C=c2sc3n(c2=O)C(c2ccccc2)C(C(=O)OC(C)C)=C(C)N=3)cc1. The summed E-state index contributed by atoms with van der Waals surface area (Å²) in [5.41, 5.74) is 2.45. The van der Waals surface area contributed by atoms with Crippen molar-refractivity contribution in [1.29, 1.82) is 0 Å². The minimum atomic E-state index is -0.600. The molecule has 0 aliphatic carbocycles. The molecule has 1 atom stereocenters. The summed E-state index contributed by atoms with van der Waals surface area (Å²) in [5.74, 6) is 0.288. The van der Waals surface area contributed by atoms with E-state index in [1.165, 1.54) is 11.3 Å². The number of allylic oxidation sites excluding steroid dienone is 1. The second-order valence-corrected chi connectivity index (χ2v) is 8.73. The van der Waals surface area contributed by atoms with Gasteiger partial charge in [0.15, 0.2) is 4.80 Å². The van der Waals surface area contributed by atoms with E-state index in [0.717, 1.165) is 16.9 Å². The molecule has 0 saturated carbocycles. The fourth-order valence-electron chi connectivity index (χ4n) is 3.66. The second-order valence-electron chi connectivity index (χ2n) is 7.72. The van der Waals surface area contributed by atoms with Crippen LogP contribution in [0.2, 0.25) is 0 Å². The Morgan fingerprint density at radius 1 is 1.12 bits per heavy atom. The number of methoxy groups -OCH3 is 1. The molecule has 164 valence electrons. The molecular weight excluding hydrogens is 424 g/mol. The van der Waals surface area contributed by atoms with Crippen LogP contribution >= 0.6 is 11.3 Å². The van der Waals surface area contributed by atoms with Crippen LogP contribution in [0.15, 0.2) is 75.7 Å². The summed E-state index contributed by atoms with van der Waals surface area (Å²) >= 11 is 1.31. The molecule has 0 N–H and O–H groups in total. The second kappa shape index (κ2) is 8.96. The van der Waals surface area contributed by atoms with Gasteiger partial charge in [0.05, 0.1) is 35.1 Å². The van der Waals surface area contributed by atoms with Crippen LogP contribution in [0.1, 0.15) is 37.9 Å². The average molecular weight is 449 g/mol. The number of hydrogen-bond donors (Lipinski definition) is 0. The van der Waals surface area contributed by atoms with Gasteiger partial charge in [0, 0.05) is 0 Å². The summed E-state index contributed by atoms with van der Waals surface area (Å²) in [6.07, 6.45) is 1.55. The van der Waals surface area contributed by atoms with E-state index in [0.29, 0.717) is 20.6 Å². The zero-order valence-corrected chi connectivity index (χ0v) is 19.2. The van der Waals surface area contributed by atoms with Gasteiger partial charge < -0.3 is 9.47 Å². The smallest absolute Gasteiger partial charge is 0.338 e. The summed E-state index contributed by atoms with van der Waals surface area (Å²) < 4.78 is 12.8. The van der Waals surface area contributed by atoms with Gasteiger partial charge >= 0.3 is 5.97 Å². The molecule has 0 spiro atoms. The molecule has 0 bridgehead atoms. The lowest BCUT2D eigenvalue weighted by Gasteiger charge is -2.25. The van der Waals surface area contributed by atoms with Gasteiger partial charge in [-0.05, 0) is 50.1 Å². The Labute approximate surface area is 189 Å². The molecule has 2 aromatic carbocycles. The number of hydrogen-bond acceptors (Lipinski definition) is 6. The highest BCUT2D eigenvalue weighted by atomic mass is 32.1. The number of nitrogens with zero attached hydrogens (tertiary/aromatic N) is 2. The number of carbonyl (C=O) groups is 1. The molecule has 32 heavy (non-hydrogen) atoms. The monoisotopic (exact) mass is 448 g/mol. The van der Waals surface area contributed by atoms with E-state index < -0.39 is 12.0 Å². The first-order chi connectivity index (χ1) is 15.4. The van der Waals surface area contributed by atoms with Crippen molar-refractivity contribution < 1.29 is 14.3 Å². The molecule has 3 aromatic rings. The van der Waals surface area contributed by atoms with Crippen molar-refractivity contribution in [3.8, 4) is 5.75 Å². The van der Waals surface area contributed by atoms with Crippen molar-refractivity contribution in [2.45, 2.75) is 32.9 Å². The van der Waals surface area contributed by atoms with E-state index in [1.54, 1.807) is 32.4 Å².